The number of carbonyl (C=O) groups excluding carboxylic acids is 1. The molecule has 0 saturated carbocycles. The first-order valence-electron chi connectivity index (χ1n) is 7.68. The Balaban J connectivity index is 2.04. The second-order valence-electron chi connectivity index (χ2n) is 5.70. The van der Waals surface area contributed by atoms with Gasteiger partial charge in [0.05, 0.1) is 12.8 Å². The van der Waals surface area contributed by atoms with Crippen LogP contribution in [0.3, 0.4) is 0 Å². The fourth-order valence-electron chi connectivity index (χ4n) is 2.46. The number of aromatic nitrogens is 2. The van der Waals surface area contributed by atoms with Gasteiger partial charge in [0.2, 0.25) is 5.82 Å². The number of nitrogens with two attached hydrogens (primary N) is 1. The molecule has 1 fully saturated rings. The summed E-state index contributed by atoms with van der Waals surface area (Å²) in [6.07, 6.45) is -2.80. The van der Waals surface area contributed by atoms with Gasteiger partial charge in [0.25, 0.3) is 5.56 Å². The van der Waals surface area contributed by atoms with Gasteiger partial charge in [-0.1, -0.05) is 0 Å². The van der Waals surface area contributed by atoms with Crippen molar-refractivity contribution in [3.63, 3.8) is 0 Å². The molecule has 11 nitrogen and oxygen atoms in total. The topological polar surface area (TPSA) is 174 Å². The molecule has 1 aromatic rings. The molecule has 0 amide bonds. The molecule has 0 spiro atoms. The van der Waals surface area contributed by atoms with E-state index in [0.29, 0.717) is 6.20 Å². The SMILES string of the molecule is N[C@@H](CCC(=O)O[C@H]1C[C@H](n2cc(F)c(=O)[nH]c2=O)O[C@@H]1CO)C(=O)O. The quantitative estimate of drug-likeness (QED) is 0.395. The summed E-state index contributed by atoms with van der Waals surface area (Å²) < 4.78 is 24.7. The first-order valence-corrected chi connectivity index (χ1v) is 7.68. The van der Waals surface area contributed by atoms with Gasteiger partial charge in [-0.15, -0.1) is 0 Å². The lowest BCUT2D eigenvalue weighted by atomic mass is 10.1. The summed E-state index contributed by atoms with van der Waals surface area (Å²) >= 11 is 0. The summed E-state index contributed by atoms with van der Waals surface area (Å²) in [6, 6.07) is -1.22. The van der Waals surface area contributed by atoms with Crippen molar-refractivity contribution in [3.8, 4) is 0 Å². The highest BCUT2D eigenvalue weighted by atomic mass is 19.1. The van der Waals surface area contributed by atoms with E-state index in [0.717, 1.165) is 4.57 Å². The molecular weight excluding hydrogens is 357 g/mol. The maximum absolute atomic E-state index is 13.4. The fourth-order valence-corrected chi connectivity index (χ4v) is 2.46. The first kappa shape index (κ1) is 19.8. The third kappa shape index (κ3) is 4.53. The highest BCUT2D eigenvalue weighted by Crippen LogP contribution is 2.30. The van der Waals surface area contributed by atoms with Gasteiger partial charge in [-0.2, -0.15) is 4.39 Å². The summed E-state index contributed by atoms with van der Waals surface area (Å²) in [7, 11) is 0. The normalized spacial score (nSPS) is 23.6. The van der Waals surface area contributed by atoms with Gasteiger partial charge >= 0.3 is 17.6 Å². The standard InChI is InChI=1S/C14H18FN3O8/c15-6-4-18(14(24)17-12(6)21)10-3-8(9(5-19)25-10)26-11(20)2-1-7(16)13(22)23/h4,7-10,19H,1-3,5,16H2,(H,22,23)(H,17,21,24)/t7-,8-,9+,10+/m0/s1. The zero-order valence-corrected chi connectivity index (χ0v) is 13.5. The van der Waals surface area contributed by atoms with Gasteiger partial charge < -0.3 is 25.4 Å². The second-order valence-corrected chi connectivity index (χ2v) is 5.70. The Bertz CT molecular complexity index is 791. The number of aromatic amines is 1. The van der Waals surface area contributed by atoms with Crippen LogP contribution in [-0.2, 0) is 19.1 Å². The molecule has 5 N–H and O–H groups in total. The average Bonchev–Trinajstić information content (AvgIpc) is 2.98. The number of hydrogen-bond acceptors (Lipinski definition) is 8. The molecule has 2 heterocycles. The number of aliphatic carboxylic acids is 1. The molecule has 1 aliphatic heterocycles. The molecule has 0 aromatic carbocycles. The molecular formula is C14H18FN3O8. The van der Waals surface area contributed by atoms with E-state index in [4.69, 9.17) is 20.3 Å². The van der Waals surface area contributed by atoms with E-state index in [2.05, 4.69) is 0 Å². The van der Waals surface area contributed by atoms with Crippen molar-refractivity contribution in [2.75, 3.05) is 6.61 Å². The van der Waals surface area contributed by atoms with Crippen LogP contribution in [0.5, 0.6) is 0 Å². The minimum Gasteiger partial charge on any atom is -0.480 e. The smallest absolute Gasteiger partial charge is 0.330 e. The number of esters is 1. The number of carbonyl (C=O) groups is 2. The highest BCUT2D eigenvalue weighted by molar-refractivity contribution is 5.75. The Kier molecular flexibility index (Phi) is 6.23. The van der Waals surface area contributed by atoms with E-state index < -0.39 is 60.1 Å². The summed E-state index contributed by atoms with van der Waals surface area (Å²) in [4.78, 5) is 47.0. The monoisotopic (exact) mass is 375 g/mol. The van der Waals surface area contributed by atoms with E-state index in [1.807, 2.05) is 0 Å². The summed E-state index contributed by atoms with van der Waals surface area (Å²) in [6.45, 7) is -0.538. The van der Waals surface area contributed by atoms with Crippen LogP contribution >= 0.6 is 0 Å². The molecule has 1 saturated heterocycles. The number of H-pyrrole nitrogens is 1. The first-order chi connectivity index (χ1) is 12.2. The number of ether oxygens (including phenoxy) is 2. The van der Waals surface area contributed by atoms with Crippen molar-refractivity contribution in [3.05, 3.63) is 32.9 Å². The van der Waals surface area contributed by atoms with E-state index in [-0.39, 0.29) is 19.3 Å². The Hall–Kier alpha value is -2.57. The van der Waals surface area contributed by atoms with Crippen molar-refractivity contribution in [2.45, 2.75) is 43.7 Å². The summed E-state index contributed by atoms with van der Waals surface area (Å²) in [5.74, 6) is -3.21. The molecule has 26 heavy (non-hydrogen) atoms. The van der Waals surface area contributed by atoms with Crippen LogP contribution in [0, 0.1) is 5.82 Å². The van der Waals surface area contributed by atoms with Crippen LogP contribution in [0.25, 0.3) is 0 Å². The van der Waals surface area contributed by atoms with Gasteiger partial charge in [0, 0.05) is 12.8 Å². The number of nitrogens with zero attached hydrogens (tertiary/aromatic N) is 1. The number of carboxylic acid groups (broad SMARTS) is 1. The number of halogens is 1. The lowest BCUT2D eigenvalue weighted by Crippen LogP contribution is -2.34. The molecule has 0 bridgehead atoms. The Morgan fingerprint density at radius 1 is 1.50 bits per heavy atom. The minimum atomic E-state index is -1.25. The van der Waals surface area contributed by atoms with E-state index in [1.54, 1.807) is 4.98 Å². The third-order valence-electron chi connectivity index (χ3n) is 3.85. The van der Waals surface area contributed by atoms with Crippen LogP contribution in [0.2, 0.25) is 0 Å². The van der Waals surface area contributed by atoms with Gasteiger partial charge in [-0.3, -0.25) is 23.9 Å². The van der Waals surface area contributed by atoms with Crippen molar-refractivity contribution in [1.29, 1.82) is 0 Å². The average molecular weight is 375 g/mol. The number of nitrogens with one attached hydrogen (secondary N) is 1. The molecule has 0 radical (unpaired) electrons. The zero-order valence-electron chi connectivity index (χ0n) is 13.5. The number of aliphatic hydroxyl groups is 1. The van der Waals surface area contributed by atoms with Crippen molar-refractivity contribution in [1.82, 2.24) is 9.55 Å². The highest BCUT2D eigenvalue weighted by Gasteiger charge is 2.39. The maximum atomic E-state index is 13.4. The van der Waals surface area contributed by atoms with Crippen molar-refractivity contribution >= 4 is 11.9 Å². The predicted octanol–water partition coefficient (Wildman–Crippen LogP) is -1.94. The van der Waals surface area contributed by atoms with E-state index in [1.165, 1.54) is 0 Å². The predicted molar refractivity (Wildman–Crippen MR) is 81.6 cm³/mol. The largest absolute Gasteiger partial charge is 0.480 e. The van der Waals surface area contributed by atoms with E-state index >= 15 is 0 Å². The van der Waals surface area contributed by atoms with Gasteiger partial charge in [-0.05, 0) is 6.42 Å². The molecule has 144 valence electrons. The van der Waals surface area contributed by atoms with Gasteiger partial charge in [0.15, 0.2) is 0 Å². The molecule has 1 aliphatic rings. The Labute approximate surface area is 145 Å². The van der Waals surface area contributed by atoms with Crippen molar-refractivity contribution < 1.29 is 33.7 Å². The molecule has 0 aliphatic carbocycles. The molecule has 1 aromatic heterocycles. The van der Waals surface area contributed by atoms with Crippen LogP contribution in [-0.4, -0.2) is 56.6 Å². The van der Waals surface area contributed by atoms with Crippen LogP contribution in [0.4, 0.5) is 4.39 Å². The number of hydrogen-bond donors (Lipinski definition) is 4. The molecule has 0 unspecified atom stereocenters. The Morgan fingerprint density at radius 3 is 2.81 bits per heavy atom. The molecule has 2 rings (SSSR count). The minimum absolute atomic E-state index is 0.0761. The summed E-state index contributed by atoms with van der Waals surface area (Å²) in [5.41, 5.74) is 3.19. The lowest BCUT2D eigenvalue weighted by Gasteiger charge is -2.16. The molecule has 4 atom stereocenters. The van der Waals surface area contributed by atoms with Crippen LogP contribution in [0.15, 0.2) is 15.8 Å². The maximum Gasteiger partial charge on any atom is 0.330 e. The van der Waals surface area contributed by atoms with E-state index in [9.17, 15) is 28.7 Å². The lowest BCUT2D eigenvalue weighted by molar-refractivity contribution is -0.153. The Morgan fingerprint density at radius 2 is 2.19 bits per heavy atom. The third-order valence-corrected chi connectivity index (χ3v) is 3.85. The van der Waals surface area contributed by atoms with Crippen molar-refractivity contribution in [2.24, 2.45) is 5.73 Å². The number of aliphatic hydroxyl groups excluding tert-OH is 1. The number of rotatable bonds is 7. The second kappa shape index (κ2) is 8.21. The van der Waals surface area contributed by atoms with Gasteiger partial charge in [0.1, 0.15) is 24.5 Å². The van der Waals surface area contributed by atoms with Gasteiger partial charge in [-0.25, -0.2) is 4.79 Å². The fraction of sp³-hybridized carbons (Fsp3) is 0.571. The van der Waals surface area contributed by atoms with Crippen LogP contribution < -0.4 is 17.0 Å². The molecule has 12 heteroatoms. The number of carboxylic acids is 1. The summed E-state index contributed by atoms with van der Waals surface area (Å²) in [5, 5.41) is 18.0. The zero-order chi connectivity index (χ0) is 19.4. The van der Waals surface area contributed by atoms with Crippen LogP contribution in [0.1, 0.15) is 25.5 Å².